The van der Waals surface area contributed by atoms with E-state index in [1.165, 1.54) is 0 Å². The van der Waals surface area contributed by atoms with Crippen molar-refractivity contribution < 1.29 is 14.7 Å². The van der Waals surface area contributed by atoms with Gasteiger partial charge in [0.2, 0.25) is 11.8 Å². The van der Waals surface area contributed by atoms with Crippen LogP contribution >= 0.6 is 0 Å². The summed E-state index contributed by atoms with van der Waals surface area (Å²) in [6, 6.07) is 0. The van der Waals surface area contributed by atoms with Gasteiger partial charge in [-0.25, -0.2) is 0 Å². The van der Waals surface area contributed by atoms with Crippen LogP contribution in [0.15, 0.2) is 0 Å². The Balaban J connectivity index is 1.77. The molecule has 0 aromatic carbocycles. The molecule has 2 aliphatic rings. The third kappa shape index (κ3) is 4.99. The lowest BCUT2D eigenvalue weighted by atomic mass is 9.79. The zero-order valence-corrected chi connectivity index (χ0v) is 13.1. The Kier molecular flexibility index (Phi) is 5.62. The van der Waals surface area contributed by atoms with Crippen LogP contribution in [-0.2, 0) is 9.59 Å². The molecule has 2 N–H and O–H groups in total. The smallest absolute Gasteiger partial charge is 0.239 e. The van der Waals surface area contributed by atoms with E-state index in [-0.39, 0.29) is 18.4 Å². The molecule has 2 fully saturated rings. The van der Waals surface area contributed by atoms with Crippen molar-refractivity contribution >= 4 is 11.8 Å². The van der Waals surface area contributed by atoms with Crippen molar-refractivity contribution in [1.29, 1.82) is 0 Å². The Hall–Kier alpha value is -1.10. The summed E-state index contributed by atoms with van der Waals surface area (Å²) < 4.78 is 0. The fourth-order valence-electron chi connectivity index (χ4n) is 3.49. The molecule has 21 heavy (non-hydrogen) atoms. The summed E-state index contributed by atoms with van der Waals surface area (Å²) in [6.45, 7) is 3.25. The molecule has 1 heterocycles. The van der Waals surface area contributed by atoms with Crippen molar-refractivity contribution in [3.63, 3.8) is 0 Å². The number of nitrogens with zero attached hydrogens (tertiary/aromatic N) is 1. The van der Waals surface area contributed by atoms with E-state index in [9.17, 15) is 14.7 Å². The van der Waals surface area contributed by atoms with Gasteiger partial charge in [0.25, 0.3) is 0 Å². The normalized spacial score (nSPS) is 30.9. The predicted octanol–water partition coefficient (Wildman–Crippen LogP) is 1.45. The highest BCUT2D eigenvalue weighted by atomic mass is 16.3. The Bertz CT molecular complexity index is 386. The van der Waals surface area contributed by atoms with Crippen LogP contribution in [-0.4, -0.2) is 47.1 Å². The second-order valence-electron chi connectivity index (χ2n) is 6.83. The molecule has 5 nitrogen and oxygen atoms in total. The summed E-state index contributed by atoms with van der Waals surface area (Å²) in [5, 5.41) is 13.3. The third-order valence-corrected chi connectivity index (χ3v) is 4.69. The monoisotopic (exact) mass is 296 g/mol. The summed E-state index contributed by atoms with van der Waals surface area (Å²) in [5.74, 6) is 0.428. The summed E-state index contributed by atoms with van der Waals surface area (Å²) in [7, 11) is 0. The van der Waals surface area contributed by atoms with E-state index in [0.717, 1.165) is 44.9 Å². The number of hydrogen-bond donors (Lipinski definition) is 2. The molecule has 1 aliphatic heterocycles. The lowest BCUT2D eigenvalue weighted by Gasteiger charge is -2.35. The van der Waals surface area contributed by atoms with Gasteiger partial charge in [-0.2, -0.15) is 0 Å². The number of aliphatic hydroxyl groups is 1. The van der Waals surface area contributed by atoms with Crippen molar-refractivity contribution in [2.24, 2.45) is 5.92 Å². The van der Waals surface area contributed by atoms with Gasteiger partial charge in [0.05, 0.1) is 12.1 Å². The van der Waals surface area contributed by atoms with Gasteiger partial charge >= 0.3 is 0 Å². The average Bonchev–Trinajstić information content (AvgIpc) is 2.62. The number of likely N-dealkylation sites (tertiary alicyclic amines) is 1. The van der Waals surface area contributed by atoms with Crippen LogP contribution in [0.2, 0.25) is 0 Å². The first-order valence-corrected chi connectivity index (χ1v) is 8.25. The Morgan fingerprint density at radius 2 is 2.19 bits per heavy atom. The van der Waals surface area contributed by atoms with Crippen LogP contribution < -0.4 is 5.32 Å². The molecule has 0 radical (unpaired) electrons. The number of rotatable bonds is 4. The van der Waals surface area contributed by atoms with Gasteiger partial charge in [-0.3, -0.25) is 9.59 Å². The number of carbonyl (C=O) groups is 2. The summed E-state index contributed by atoms with van der Waals surface area (Å²) in [6.07, 6.45) is 7.16. The molecule has 2 atom stereocenters. The minimum atomic E-state index is -0.768. The second-order valence-corrected chi connectivity index (χ2v) is 6.83. The topological polar surface area (TPSA) is 69.6 Å². The van der Waals surface area contributed by atoms with Crippen molar-refractivity contribution in [2.75, 3.05) is 19.6 Å². The first kappa shape index (κ1) is 16.3. The molecule has 0 aromatic heterocycles. The molecule has 2 unspecified atom stereocenters. The van der Waals surface area contributed by atoms with E-state index in [2.05, 4.69) is 12.2 Å². The first-order valence-electron chi connectivity index (χ1n) is 8.25. The highest BCUT2D eigenvalue weighted by Crippen LogP contribution is 2.31. The third-order valence-electron chi connectivity index (χ3n) is 4.69. The van der Waals surface area contributed by atoms with Gasteiger partial charge < -0.3 is 15.3 Å². The van der Waals surface area contributed by atoms with Crippen LogP contribution in [0, 0.1) is 5.92 Å². The molecule has 0 aromatic rings. The maximum Gasteiger partial charge on any atom is 0.239 e. The van der Waals surface area contributed by atoms with Crippen molar-refractivity contribution in [1.82, 2.24) is 10.2 Å². The quantitative estimate of drug-likeness (QED) is 0.825. The Morgan fingerprint density at radius 3 is 2.95 bits per heavy atom. The molecule has 0 bridgehead atoms. The maximum atomic E-state index is 12.0. The van der Waals surface area contributed by atoms with Gasteiger partial charge in [-0.05, 0) is 31.6 Å². The van der Waals surface area contributed by atoms with Crippen LogP contribution in [0.4, 0.5) is 0 Å². The van der Waals surface area contributed by atoms with Crippen molar-refractivity contribution in [2.45, 2.75) is 63.9 Å². The fourth-order valence-corrected chi connectivity index (χ4v) is 3.49. The minimum absolute atomic E-state index is 0.0765. The molecule has 1 saturated heterocycles. The number of nitrogens with one attached hydrogen (secondary N) is 1. The first-order chi connectivity index (χ1) is 9.98. The SMILES string of the molecule is CC1CCCC(O)(CNC(=O)CN2CCCCCC2=O)C1. The van der Waals surface area contributed by atoms with Gasteiger partial charge in [0.15, 0.2) is 0 Å². The summed E-state index contributed by atoms with van der Waals surface area (Å²) in [4.78, 5) is 25.5. The molecular weight excluding hydrogens is 268 g/mol. The van der Waals surface area contributed by atoms with E-state index in [4.69, 9.17) is 0 Å². The number of hydrogen-bond acceptors (Lipinski definition) is 3. The largest absolute Gasteiger partial charge is 0.388 e. The van der Waals surface area contributed by atoms with Gasteiger partial charge in [-0.1, -0.05) is 26.2 Å². The molecule has 1 aliphatic carbocycles. The molecule has 1 saturated carbocycles. The highest BCUT2D eigenvalue weighted by molar-refractivity contribution is 5.84. The van der Waals surface area contributed by atoms with E-state index in [1.807, 2.05) is 0 Å². The molecule has 0 spiro atoms. The molecule has 5 heteroatoms. The molecule has 2 rings (SSSR count). The molecular formula is C16H28N2O3. The van der Waals surface area contributed by atoms with Crippen LogP contribution in [0.1, 0.15) is 58.3 Å². The lowest BCUT2D eigenvalue weighted by Crippen LogP contribution is -2.48. The van der Waals surface area contributed by atoms with Gasteiger partial charge in [-0.15, -0.1) is 0 Å². The summed E-state index contributed by atoms with van der Waals surface area (Å²) in [5.41, 5.74) is -0.768. The average molecular weight is 296 g/mol. The number of amides is 2. The van der Waals surface area contributed by atoms with E-state index in [0.29, 0.717) is 25.4 Å². The Morgan fingerprint density at radius 1 is 1.38 bits per heavy atom. The van der Waals surface area contributed by atoms with Gasteiger partial charge in [0.1, 0.15) is 0 Å². The molecule has 120 valence electrons. The van der Waals surface area contributed by atoms with E-state index < -0.39 is 5.60 Å². The van der Waals surface area contributed by atoms with E-state index in [1.54, 1.807) is 4.90 Å². The van der Waals surface area contributed by atoms with Crippen LogP contribution in [0.3, 0.4) is 0 Å². The van der Waals surface area contributed by atoms with Crippen LogP contribution in [0.5, 0.6) is 0 Å². The highest BCUT2D eigenvalue weighted by Gasteiger charge is 2.33. The maximum absolute atomic E-state index is 12.0. The van der Waals surface area contributed by atoms with Crippen molar-refractivity contribution in [3.8, 4) is 0 Å². The van der Waals surface area contributed by atoms with Gasteiger partial charge in [0, 0.05) is 19.5 Å². The van der Waals surface area contributed by atoms with E-state index >= 15 is 0 Å². The lowest BCUT2D eigenvalue weighted by molar-refractivity contribution is -0.136. The predicted molar refractivity (Wildman–Crippen MR) is 80.6 cm³/mol. The zero-order chi connectivity index (χ0) is 15.3. The van der Waals surface area contributed by atoms with Crippen LogP contribution in [0.25, 0.3) is 0 Å². The molecule has 2 amide bonds. The number of carbonyl (C=O) groups excluding carboxylic acids is 2. The van der Waals surface area contributed by atoms with Crippen molar-refractivity contribution in [3.05, 3.63) is 0 Å². The standard InChI is InChI=1S/C16H28N2O3/c1-13-6-5-8-16(21,10-13)12-17-14(19)11-18-9-4-2-3-7-15(18)20/h13,21H,2-12H2,1H3,(H,17,19). The Labute approximate surface area is 127 Å². The second kappa shape index (κ2) is 7.25. The zero-order valence-electron chi connectivity index (χ0n) is 13.1. The minimum Gasteiger partial charge on any atom is -0.388 e. The fraction of sp³-hybridized carbons (Fsp3) is 0.875. The summed E-state index contributed by atoms with van der Waals surface area (Å²) >= 11 is 0.